The fourth-order valence-electron chi connectivity index (χ4n) is 1.14. The molecule has 6 heteroatoms. The van der Waals surface area contributed by atoms with Crippen molar-refractivity contribution in [3.8, 4) is 0 Å². The fourth-order valence-corrected chi connectivity index (χ4v) is 1.28. The number of carboxylic acids is 1. The number of carboxylic acid groups (broad SMARTS) is 1. The molecule has 2 N–H and O–H groups in total. The molecule has 0 aliphatic rings. The quantitative estimate of drug-likeness (QED) is 0.751. The number of pyridine rings is 1. The molecule has 0 aliphatic carbocycles. The standard InChI is InChI=1S/C9H11ClN2O3/c1-12(4-5-13)8-6(9(14)15)2-3-7(10)11-8/h2-3,13H,4-5H2,1H3,(H,14,15). The number of anilines is 1. The summed E-state index contributed by atoms with van der Waals surface area (Å²) in [6.45, 7) is 0.220. The van der Waals surface area contributed by atoms with Crippen LogP contribution in [0.5, 0.6) is 0 Å². The Morgan fingerprint density at radius 2 is 2.27 bits per heavy atom. The van der Waals surface area contributed by atoms with E-state index in [9.17, 15) is 4.79 Å². The minimum atomic E-state index is -1.07. The first kappa shape index (κ1) is 11.7. The van der Waals surface area contributed by atoms with Gasteiger partial charge in [-0.1, -0.05) is 11.6 Å². The average Bonchev–Trinajstić information content (AvgIpc) is 2.17. The molecule has 0 saturated carbocycles. The molecule has 0 aliphatic heterocycles. The number of carbonyl (C=O) groups is 1. The summed E-state index contributed by atoms with van der Waals surface area (Å²) in [6, 6.07) is 2.81. The van der Waals surface area contributed by atoms with Gasteiger partial charge in [0, 0.05) is 13.6 Å². The van der Waals surface area contributed by atoms with E-state index >= 15 is 0 Å². The third-order valence-electron chi connectivity index (χ3n) is 1.87. The number of aromatic nitrogens is 1. The Balaban J connectivity index is 3.12. The van der Waals surface area contributed by atoms with Crippen molar-refractivity contribution in [2.75, 3.05) is 25.1 Å². The summed E-state index contributed by atoms with van der Waals surface area (Å²) in [5.41, 5.74) is 0.0651. The molecule has 0 spiro atoms. The Kier molecular flexibility index (Phi) is 3.88. The minimum Gasteiger partial charge on any atom is -0.478 e. The van der Waals surface area contributed by atoms with Gasteiger partial charge in [0.25, 0.3) is 0 Å². The van der Waals surface area contributed by atoms with Gasteiger partial charge in [-0.15, -0.1) is 0 Å². The van der Waals surface area contributed by atoms with E-state index in [0.29, 0.717) is 6.54 Å². The van der Waals surface area contributed by atoms with Gasteiger partial charge in [0.1, 0.15) is 16.5 Å². The molecule has 1 heterocycles. The molecule has 1 aromatic rings. The van der Waals surface area contributed by atoms with Gasteiger partial charge in [-0.3, -0.25) is 0 Å². The Morgan fingerprint density at radius 3 is 2.80 bits per heavy atom. The van der Waals surface area contributed by atoms with E-state index < -0.39 is 5.97 Å². The predicted octanol–water partition coefficient (Wildman–Crippen LogP) is 0.862. The van der Waals surface area contributed by atoms with E-state index in [2.05, 4.69) is 4.98 Å². The van der Waals surface area contributed by atoms with Crippen LogP contribution in [0.25, 0.3) is 0 Å². The first-order valence-electron chi connectivity index (χ1n) is 4.28. The van der Waals surface area contributed by atoms with Crippen molar-refractivity contribution in [3.63, 3.8) is 0 Å². The highest BCUT2D eigenvalue weighted by molar-refractivity contribution is 6.29. The molecule has 0 bridgehead atoms. The lowest BCUT2D eigenvalue weighted by molar-refractivity contribution is 0.0697. The van der Waals surface area contributed by atoms with Crippen LogP contribution in [0.2, 0.25) is 5.15 Å². The first-order chi connectivity index (χ1) is 7.06. The zero-order valence-corrected chi connectivity index (χ0v) is 8.90. The maximum Gasteiger partial charge on any atom is 0.339 e. The zero-order valence-electron chi connectivity index (χ0n) is 8.14. The highest BCUT2D eigenvalue weighted by Gasteiger charge is 2.15. The van der Waals surface area contributed by atoms with Gasteiger partial charge < -0.3 is 15.1 Å². The maximum atomic E-state index is 10.9. The summed E-state index contributed by atoms with van der Waals surface area (Å²) in [7, 11) is 1.64. The number of halogens is 1. The van der Waals surface area contributed by atoms with Crippen LogP contribution in [-0.4, -0.2) is 41.4 Å². The van der Waals surface area contributed by atoms with Crippen LogP contribution in [0.1, 0.15) is 10.4 Å². The van der Waals surface area contributed by atoms with Crippen molar-refractivity contribution in [2.24, 2.45) is 0 Å². The number of hydrogen-bond acceptors (Lipinski definition) is 4. The molecular formula is C9H11ClN2O3. The second kappa shape index (κ2) is 4.95. The van der Waals surface area contributed by atoms with Gasteiger partial charge in [-0.2, -0.15) is 0 Å². The smallest absolute Gasteiger partial charge is 0.339 e. The highest BCUT2D eigenvalue weighted by atomic mass is 35.5. The molecule has 15 heavy (non-hydrogen) atoms. The maximum absolute atomic E-state index is 10.9. The Labute approximate surface area is 91.9 Å². The van der Waals surface area contributed by atoms with Gasteiger partial charge in [0.15, 0.2) is 0 Å². The SMILES string of the molecule is CN(CCO)c1nc(Cl)ccc1C(=O)O. The number of nitrogens with zero attached hydrogens (tertiary/aromatic N) is 2. The highest BCUT2D eigenvalue weighted by Crippen LogP contribution is 2.19. The molecule has 5 nitrogen and oxygen atoms in total. The Bertz CT molecular complexity index is 370. The van der Waals surface area contributed by atoms with Crippen LogP contribution < -0.4 is 4.90 Å². The molecule has 0 saturated heterocycles. The second-order valence-electron chi connectivity index (χ2n) is 2.96. The first-order valence-corrected chi connectivity index (χ1v) is 4.66. The molecule has 0 aromatic carbocycles. The Hall–Kier alpha value is -1.33. The van der Waals surface area contributed by atoms with E-state index in [1.165, 1.54) is 17.0 Å². The molecular weight excluding hydrogens is 220 g/mol. The molecule has 0 fully saturated rings. The van der Waals surface area contributed by atoms with Crippen molar-refractivity contribution in [1.82, 2.24) is 4.98 Å². The van der Waals surface area contributed by atoms with E-state index in [1.807, 2.05) is 0 Å². The summed E-state index contributed by atoms with van der Waals surface area (Å²) < 4.78 is 0. The lowest BCUT2D eigenvalue weighted by Gasteiger charge is -2.18. The second-order valence-corrected chi connectivity index (χ2v) is 3.34. The van der Waals surface area contributed by atoms with Crippen molar-refractivity contribution < 1.29 is 15.0 Å². The average molecular weight is 231 g/mol. The number of aliphatic hydroxyl groups excluding tert-OH is 1. The van der Waals surface area contributed by atoms with Crippen molar-refractivity contribution >= 4 is 23.4 Å². The van der Waals surface area contributed by atoms with Crippen LogP contribution in [0, 0.1) is 0 Å². The summed E-state index contributed by atoms with van der Waals surface area (Å²) in [4.78, 5) is 16.3. The number of likely N-dealkylation sites (N-methyl/N-ethyl adjacent to an activating group) is 1. The van der Waals surface area contributed by atoms with E-state index in [-0.39, 0.29) is 23.1 Å². The lowest BCUT2D eigenvalue weighted by Crippen LogP contribution is -2.24. The van der Waals surface area contributed by atoms with Gasteiger partial charge in [-0.05, 0) is 12.1 Å². The molecule has 0 atom stereocenters. The molecule has 0 amide bonds. The molecule has 0 unspecified atom stereocenters. The van der Waals surface area contributed by atoms with Gasteiger partial charge in [0.05, 0.1) is 6.61 Å². The van der Waals surface area contributed by atoms with Crippen LogP contribution in [0.4, 0.5) is 5.82 Å². The predicted molar refractivity (Wildman–Crippen MR) is 56.6 cm³/mol. The van der Waals surface area contributed by atoms with Gasteiger partial charge in [0.2, 0.25) is 0 Å². The van der Waals surface area contributed by atoms with Crippen molar-refractivity contribution in [2.45, 2.75) is 0 Å². The number of hydrogen-bond donors (Lipinski definition) is 2. The summed E-state index contributed by atoms with van der Waals surface area (Å²) in [6.07, 6.45) is 0. The Morgan fingerprint density at radius 1 is 1.60 bits per heavy atom. The molecule has 1 rings (SSSR count). The molecule has 1 aromatic heterocycles. The third-order valence-corrected chi connectivity index (χ3v) is 2.08. The van der Waals surface area contributed by atoms with Crippen LogP contribution in [-0.2, 0) is 0 Å². The van der Waals surface area contributed by atoms with Crippen LogP contribution in [0.15, 0.2) is 12.1 Å². The van der Waals surface area contributed by atoms with Crippen LogP contribution >= 0.6 is 11.6 Å². The molecule has 82 valence electrons. The number of rotatable bonds is 4. The van der Waals surface area contributed by atoms with Gasteiger partial charge >= 0.3 is 5.97 Å². The normalized spacial score (nSPS) is 10.1. The largest absolute Gasteiger partial charge is 0.478 e. The topological polar surface area (TPSA) is 73.7 Å². The lowest BCUT2D eigenvalue weighted by atomic mass is 10.2. The summed E-state index contributed by atoms with van der Waals surface area (Å²) >= 11 is 5.67. The van der Waals surface area contributed by atoms with Gasteiger partial charge in [-0.25, -0.2) is 9.78 Å². The third kappa shape index (κ3) is 2.81. The zero-order chi connectivity index (χ0) is 11.4. The van der Waals surface area contributed by atoms with E-state index in [4.69, 9.17) is 21.8 Å². The van der Waals surface area contributed by atoms with Crippen molar-refractivity contribution in [3.05, 3.63) is 22.8 Å². The van der Waals surface area contributed by atoms with Crippen molar-refractivity contribution in [1.29, 1.82) is 0 Å². The monoisotopic (exact) mass is 230 g/mol. The number of aromatic carboxylic acids is 1. The van der Waals surface area contributed by atoms with E-state index in [0.717, 1.165) is 0 Å². The summed E-state index contributed by atoms with van der Waals surface area (Å²) in [5.74, 6) is -0.817. The minimum absolute atomic E-state index is 0.0651. The number of aliphatic hydroxyl groups is 1. The fraction of sp³-hybridized carbons (Fsp3) is 0.333. The summed E-state index contributed by atoms with van der Waals surface area (Å²) in [5, 5.41) is 17.9. The molecule has 0 radical (unpaired) electrons. The van der Waals surface area contributed by atoms with E-state index in [1.54, 1.807) is 7.05 Å². The van der Waals surface area contributed by atoms with Crippen LogP contribution in [0.3, 0.4) is 0 Å².